The summed E-state index contributed by atoms with van der Waals surface area (Å²) in [6.07, 6.45) is 0.0937. The molecule has 1 amide bonds. The zero-order chi connectivity index (χ0) is 23.9. The molecular formula is C25H20N2O6S. The minimum Gasteiger partial charge on any atom is -0.480 e. The molecule has 2 N–H and O–H groups in total. The third kappa shape index (κ3) is 4.04. The van der Waals surface area contributed by atoms with Gasteiger partial charge in [-0.3, -0.25) is 10.1 Å². The van der Waals surface area contributed by atoms with Gasteiger partial charge in [-0.05, 0) is 61.7 Å². The third-order valence-electron chi connectivity index (χ3n) is 5.79. The van der Waals surface area contributed by atoms with Gasteiger partial charge in [-0.25, -0.2) is 4.79 Å². The number of carboxylic acids is 1. The van der Waals surface area contributed by atoms with Gasteiger partial charge in [0, 0.05) is 6.07 Å². The standard InChI is InChI=1S/C25H20N2O6S/c1-14-21(26-24(30)31-15(2)16-6-4-3-5-7-16)19(34-27-14)9-8-18-12-17-13-20(33-22(17)32-18)25(10-11-25)23(28)29/h3-7,12-13,15H,10-11H2,1-2H3,(H,26,30)(H,28,29). The van der Waals surface area contributed by atoms with Gasteiger partial charge in [-0.2, -0.15) is 4.37 Å². The first kappa shape index (κ1) is 21.8. The van der Waals surface area contributed by atoms with E-state index in [0.717, 1.165) is 17.1 Å². The Morgan fingerprint density at radius 2 is 1.97 bits per heavy atom. The van der Waals surface area contributed by atoms with E-state index in [4.69, 9.17) is 13.6 Å². The van der Waals surface area contributed by atoms with Crippen molar-refractivity contribution in [1.29, 1.82) is 0 Å². The van der Waals surface area contributed by atoms with Gasteiger partial charge in [0.25, 0.3) is 5.78 Å². The number of fused-ring (bicyclic) bond motifs is 1. The number of carboxylic acid groups (broad SMARTS) is 1. The van der Waals surface area contributed by atoms with E-state index in [0.29, 0.717) is 46.0 Å². The van der Waals surface area contributed by atoms with Crippen LogP contribution in [0.3, 0.4) is 0 Å². The molecule has 1 unspecified atom stereocenters. The van der Waals surface area contributed by atoms with E-state index < -0.39 is 23.6 Å². The van der Waals surface area contributed by atoms with Crippen LogP contribution in [-0.2, 0) is 14.9 Å². The summed E-state index contributed by atoms with van der Waals surface area (Å²) in [5.74, 6) is 6.00. The van der Waals surface area contributed by atoms with Crippen LogP contribution in [0, 0.1) is 18.8 Å². The van der Waals surface area contributed by atoms with Crippen LogP contribution < -0.4 is 5.32 Å². The van der Waals surface area contributed by atoms with Gasteiger partial charge >= 0.3 is 12.1 Å². The predicted molar refractivity (Wildman–Crippen MR) is 125 cm³/mol. The Kier molecular flexibility index (Phi) is 5.38. The Hall–Kier alpha value is -4.03. The number of aliphatic carboxylic acids is 1. The van der Waals surface area contributed by atoms with Gasteiger partial charge in [0.2, 0.25) is 0 Å². The molecule has 5 rings (SSSR count). The van der Waals surface area contributed by atoms with Crippen molar-refractivity contribution in [3.63, 3.8) is 0 Å². The number of nitrogens with one attached hydrogen (secondary N) is 1. The van der Waals surface area contributed by atoms with Crippen molar-refractivity contribution in [1.82, 2.24) is 4.37 Å². The van der Waals surface area contributed by atoms with Crippen molar-refractivity contribution in [2.45, 2.75) is 38.2 Å². The second-order valence-corrected chi connectivity index (χ2v) is 8.93. The minimum absolute atomic E-state index is 0.240. The van der Waals surface area contributed by atoms with Crippen LogP contribution in [0.5, 0.6) is 0 Å². The van der Waals surface area contributed by atoms with Gasteiger partial charge in [0.1, 0.15) is 22.2 Å². The normalized spacial score (nSPS) is 14.8. The molecule has 1 aliphatic carbocycles. The molecule has 0 saturated heterocycles. The molecule has 3 aromatic heterocycles. The van der Waals surface area contributed by atoms with Crippen molar-refractivity contribution in [2.24, 2.45) is 0 Å². The highest BCUT2D eigenvalue weighted by molar-refractivity contribution is 7.07. The minimum atomic E-state index is -0.930. The van der Waals surface area contributed by atoms with Crippen LogP contribution in [0.2, 0.25) is 0 Å². The zero-order valence-electron chi connectivity index (χ0n) is 18.4. The number of carbonyl (C=O) groups is 2. The fourth-order valence-corrected chi connectivity index (χ4v) is 4.34. The molecule has 1 atom stereocenters. The number of aromatic nitrogens is 1. The number of ether oxygens (including phenoxy) is 1. The van der Waals surface area contributed by atoms with Crippen LogP contribution in [-0.4, -0.2) is 21.5 Å². The summed E-state index contributed by atoms with van der Waals surface area (Å²) in [7, 11) is 0. The van der Waals surface area contributed by atoms with E-state index >= 15 is 0 Å². The molecule has 1 aliphatic rings. The summed E-state index contributed by atoms with van der Waals surface area (Å²) < 4.78 is 21.0. The zero-order valence-corrected chi connectivity index (χ0v) is 19.2. The van der Waals surface area contributed by atoms with E-state index in [9.17, 15) is 14.7 Å². The van der Waals surface area contributed by atoms with E-state index in [2.05, 4.69) is 21.5 Å². The third-order valence-corrected chi connectivity index (χ3v) is 6.64. The molecule has 4 aromatic rings. The van der Waals surface area contributed by atoms with Crippen molar-refractivity contribution in [3.05, 3.63) is 70.1 Å². The maximum Gasteiger partial charge on any atom is 0.412 e. The topological polar surface area (TPSA) is 115 Å². The molecule has 0 bridgehead atoms. The number of rotatable bonds is 5. The average molecular weight is 477 g/mol. The molecule has 3 heterocycles. The van der Waals surface area contributed by atoms with E-state index in [-0.39, 0.29) is 5.78 Å². The van der Waals surface area contributed by atoms with Gasteiger partial charge < -0.3 is 18.7 Å². The maximum atomic E-state index is 12.4. The number of hydrogen-bond donors (Lipinski definition) is 2. The molecule has 34 heavy (non-hydrogen) atoms. The molecule has 1 fully saturated rings. The molecule has 0 aliphatic heterocycles. The number of nitrogens with zero attached hydrogens (tertiary/aromatic N) is 1. The summed E-state index contributed by atoms with van der Waals surface area (Å²) in [5, 5.41) is 12.8. The fourth-order valence-electron chi connectivity index (χ4n) is 3.63. The fraction of sp³-hybridized carbons (Fsp3) is 0.240. The Balaban J connectivity index is 1.30. The number of benzene rings is 1. The van der Waals surface area contributed by atoms with Crippen LogP contribution in [0.25, 0.3) is 11.2 Å². The number of furan rings is 2. The Morgan fingerprint density at radius 3 is 2.65 bits per heavy atom. The van der Waals surface area contributed by atoms with Gasteiger partial charge in [0.05, 0.1) is 16.8 Å². The van der Waals surface area contributed by atoms with Crippen molar-refractivity contribution in [3.8, 4) is 11.8 Å². The number of hydrogen-bond acceptors (Lipinski definition) is 7. The van der Waals surface area contributed by atoms with Gasteiger partial charge in [-0.15, -0.1) is 0 Å². The number of amides is 1. The highest BCUT2D eigenvalue weighted by atomic mass is 32.1. The molecule has 8 nitrogen and oxygen atoms in total. The molecule has 1 saturated carbocycles. The summed E-state index contributed by atoms with van der Waals surface area (Å²) in [4.78, 5) is 24.5. The highest BCUT2D eigenvalue weighted by Crippen LogP contribution is 2.50. The van der Waals surface area contributed by atoms with E-state index in [1.807, 2.05) is 30.3 Å². The maximum absolute atomic E-state index is 12.4. The lowest BCUT2D eigenvalue weighted by atomic mass is 10.0. The summed E-state index contributed by atoms with van der Waals surface area (Å²) >= 11 is 1.15. The first-order valence-corrected chi connectivity index (χ1v) is 11.4. The Labute approximate surface area is 198 Å². The van der Waals surface area contributed by atoms with Crippen LogP contribution in [0.15, 0.2) is 51.3 Å². The van der Waals surface area contributed by atoms with Crippen LogP contribution >= 0.6 is 11.5 Å². The molecule has 0 spiro atoms. The predicted octanol–water partition coefficient (Wildman–Crippen LogP) is 5.62. The number of aryl methyl sites for hydroxylation is 1. The second kappa shape index (κ2) is 8.39. The molecule has 172 valence electrons. The average Bonchev–Trinajstić information content (AvgIpc) is 3.26. The lowest BCUT2D eigenvalue weighted by Gasteiger charge is -2.14. The Bertz CT molecular complexity index is 1420. The quantitative estimate of drug-likeness (QED) is 0.359. The van der Waals surface area contributed by atoms with Crippen molar-refractivity contribution >= 4 is 40.4 Å². The van der Waals surface area contributed by atoms with Crippen LogP contribution in [0.4, 0.5) is 10.5 Å². The molecule has 0 radical (unpaired) electrons. The first-order chi connectivity index (χ1) is 16.4. The lowest BCUT2D eigenvalue weighted by molar-refractivity contribution is -0.140. The summed E-state index contributed by atoms with van der Waals surface area (Å²) in [5.41, 5.74) is 1.07. The lowest BCUT2D eigenvalue weighted by Crippen LogP contribution is -2.18. The summed E-state index contributed by atoms with van der Waals surface area (Å²) in [6.45, 7) is 3.57. The van der Waals surface area contributed by atoms with Crippen molar-refractivity contribution in [2.75, 3.05) is 5.32 Å². The van der Waals surface area contributed by atoms with Crippen LogP contribution in [0.1, 0.15) is 53.5 Å². The van der Waals surface area contributed by atoms with Gasteiger partial charge in [0.15, 0.2) is 5.76 Å². The Morgan fingerprint density at radius 1 is 1.21 bits per heavy atom. The number of anilines is 1. The smallest absolute Gasteiger partial charge is 0.412 e. The first-order valence-electron chi connectivity index (χ1n) is 10.6. The SMILES string of the molecule is Cc1nsc(C#Cc2cc3cc(C4(C(=O)O)CC4)oc3o2)c1NC(=O)OC(C)c1ccccc1. The second-order valence-electron chi connectivity index (χ2n) is 8.16. The van der Waals surface area contributed by atoms with Gasteiger partial charge in [-0.1, -0.05) is 30.3 Å². The number of carbonyl (C=O) groups excluding carboxylic acids is 1. The van der Waals surface area contributed by atoms with Crippen molar-refractivity contribution < 1.29 is 28.3 Å². The monoisotopic (exact) mass is 476 g/mol. The van der Waals surface area contributed by atoms with E-state index in [1.165, 1.54) is 0 Å². The van der Waals surface area contributed by atoms with E-state index in [1.54, 1.807) is 26.0 Å². The molecular weight excluding hydrogens is 456 g/mol. The molecule has 1 aromatic carbocycles. The molecule has 9 heteroatoms. The largest absolute Gasteiger partial charge is 0.480 e. The highest BCUT2D eigenvalue weighted by Gasteiger charge is 2.54. The summed E-state index contributed by atoms with van der Waals surface area (Å²) in [6, 6.07) is 12.8.